The summed E-state index contributed by atoms with van der Waals surface area (Å²) in [7, 11) is 0. The summed E-state index contributed by atoms with van der Waals surface area (Å²) in [5, 5.41) is 0. The van der Waals surface area contributed by atoms with Crippen LogP contribution in [0.25, 0.3) is 0 Å². The van der Waals surface area contributed by atoms with Gasteiger partial charge in [0.05, 0.1) is 5.92 Å². The molecule has 0 fully saturated rings. The SMILES string of the molecule is CCC(C(N)=O)c1ccc(N(CCCl)CCCl)cc1. The van der Waals surface area contributed by atoms with Crippen LogP contribution in [-0.4, -0.2) is 30.8 Å². The van der Waals surface area contributed by atoms with Crippen molar-refractivity contribution in [3.05, 3.63) is 29.8 Å². The fourth-order valence-electron chi connectivity index (χ4n) is 2.09. The average Bonchev–Trinajstić information content (AvgIpc) is 2.40. The molecule has 0 saturated heterocycles. The van der Waals surface area contributed by atoms with Gasteiger partial charge in [0.25, 0.3) is 0 Å². The van der Waals surface area contributed by atoms with Crippen molar-refractivity contribution in [3.63, 3.8) is 0 Å². The first-order chi connectivity index (χ1) is 9.13. The molecule has 0 aliphatic rings. The third-order valence-corrected chi connectivity index (χ3v) is 3.46. The van der Waals surface area contributed by atoms with Crippen LogP contribution in [0.1, 0.15) is 24.8 Å². The van der Waals surface area contributed by atoms with Crippen molar-refractivity contribution < 1.29 is 4.79 Å². The number of halogens is 2. The van der Waals surface area contributed by atoms with Gasteiger partial charge in [-0.25, -0.2) is 0 Å². The van der Waals surface area contributed by atoms with Crippen LogP contribution in [0.4, 0.5) is 5.69 Å². The molecule has 1 unspecified atom stereocenters. The maximum atomic E-state index is 11.3. The Morgan fingerprint density at radius 1 is 1.21 bits per heavy atom. The lowest BCUT2D eigenvalue weighted by Crippen LogP contribution is -2.27. The van der Waals surface area contributed by atoms with Crippen LogP contribution in [0.2, 0.25) is 0 Å². The van der Waals surface area contributed by atoms with Crippen molar-refractivity contribution in [2.75, 3.05) is 29.7 Å². The largest absolute Gasteiger partial charge is 0.369 e. The maximum absolute atomic E-state index is 11.3. The highest BCUT2D eigenvalue weighted by Gasteiger charge is 2.15. The van der Waals surface area contributed by atoms with Crippen LogP contribution >= 0.6 is 23.2 Å². The lowest BCUT2D eigenvalue weighted by atomic mass is 9.95. The first-order valence-corrected chi connectivity index (χ1v) is 7.47. The summed E-state index contributed by atoms with van der Waals surface area (Å²) >= 11 is 11.6. The van der Waals surface area contributed by atoms with E-state index in [1.54, 1.807) is 0 Å². The fourth-order valence-corrected chi connectivity index (χ4v) is 2.50. The molecule has 0 heterocycles. The summed E-state index contributed by atoms with van der Waals surface area (Å²) in [5.41, 5.74) is 7.40. The highest BCUT2D eigenvalue weighted by atomic mass is 35.5. The molecule has 1 atom stereocenters. The highest BCUT2D eigenvalue weighted by molar-refractivity contribution is 6.18. The molecular formula is C14H20Cl2N2O. The molecule has 0 aliphatic carbocycles. The van der Waals surface area contributed by atoms with E-state index in [-0.39, 0.29) is 11.8 Å². The molecule has 1 aromatic rings. The van der Waals surface area contributed by atoms with E-state index >= 15 is 0 Å². The second-order valence-electron chi connectivity index (χ2n) is 4.32. The number of hydrogen-bond acceptors (Lipinski definition) is 2. The normalized spacial score (nSPS) is 12.2. The van der Waals surface area contributed by atoms with E-state index < -0.39 is 0 Å². The molecule has 19 heavy (non-hydrogen) atoms. The summed E-state index contributed by atoms with van der Waals surface area (Å²) in [4.78, 5) is 13.5. The van der Waals surface area contributed by atoms with Crippen LogP contribution in [0, 0.1) is 0 Å². The van der Waals surface area contributed by atoms with E-state index in [0.29, 0.717) is 18.2 Å². The van der Waals surface area contributed by atoms with E-state index in [4.69, 9.17) is 28.9 Å². The zero-order valence-corrected chi connectivity index (χ0v) is 12.6. The predicted molar refractivity (Wildman–Crippen MR) is 82.3 cm³/mol. The molecule has 0 radical (unpaired) electrons. The smallest absolute Gasteiger partial charge is 0.224 e. The number of amides is 1. The third kappa shape index (κ3) is 4.59. The van der Waals surface area contributed by atoms with Crippen LogP contribution in [0.3, 0.4) is 0 Å². The van der Waals surface area contributed by atoms with Gasteiger partial charge in [-0.1, -0.05) is 19.1 Å². The average molecular weight is 303 g/mol. The number of primary amides is 1. The minimum absolute atomic E-state index is 0.219. The summed E-state index contributed by atoms with van der Waals surface area (Å²) in [6.45, 7) is 3.46. The summed E-state index contributed by atoms with van der Waals surface area (Å²) in [6.07, 6.45) is 0.710. The Labute approximate surface area is 124 Å². The van der Waals surface area contributed by atoms with E-state index in [9.17, 15) is 4.79 Å². The summed E-state index contributed by atoms with van der Waals surface area (Å²) in [5.74, 6) is 0.604. The minimum Gasteiger partial charge on any atom is -0.369 e. The quantitative estimate of drug-likeness (QED) is 0.751. The standard InChI is InChI=1S/C14H20Cl2N2O/c1-2-13(14(17)19)11-3-5-12(6-4-11)18(9-7-15)10-8-16/h3-6,13H,2,7-10H2,1H3,(H2,17,19). The van der Waals surface area contributed by atoms with Gasteiger partial charge in [-0.3, -0.25) is 4.79 Å². The number of alkyl halides is 2. The van der Waals surface area contributed by atoms with Gasteiger partial charge in [-0.05, 0) is 24.1 Å². The Morgan fingerprint density at radius 2 is 1.74 bits per heavy atom. The van der Waals surface area contributed by atoms with Crippen LogP contribution in [-0.2, 0) is 4.79 Å². The second kappa shape index (κ2) is 8.28. The van der Waals surface area contributed by atoms with E-state index in [1.807, 2.05) is 31.2 Å². The summed E-state index contributed by atoms with van der Waals surface area (Å²) < 4.78 is 0. The number of nitrogens with two attached hydrogens (primary N) is 1. The topological polar surface area (TPSA) is 46.3 Å². The van der Waals surface area contributed by atoms with Gasteiger partial charge in [0.2, 0.25) is 5.91 Å². The van der Waals surface area contributed by atoms with E-state index in [0.717, 1.165) is 24.3 Å². The molecule has 3 nitrogen and oxygen atoms in total. The number of hydrogen-bond donors (Lipinski definition) is 1. The Balaban J connectivity index is 2.87. The lowest BCUT2D eigenvalue weighted by molar-refractivity contribution is -0.119. The van der Waals surface area contributed by atoms with Gasteiger partial charge in [0.15, 0.2) is 0 Å². The second-order valence-corrected chi connectivity index (χ2v) is 5.08. The number of benzene rings is 1. The van der Waals surface area contributed by atoms with E-state index in [2.05, 4.69) is 4.90 Å². The number of carbonyl (C=O) groups excluding carboxylic acids is 1. The monoisotopic (exact) mass is 302 g/mol. The first kappa shape index (κ1) is 16.1. The van der Waals surface area contributed by atoms with Crippen LogP contribution in [0.5, 0.6) is 0 Å². The molecule has 0 spiro atoms. The van der Waals surface area contributed by atoms with Crippen molar-refractivity contribution in [1.82, 2.24) is 0 Å². The molecule has 106 valence electrons. The summed E-state index contributed by atoms with van der Waals surface area (Å²) in [6, 6.07) is 7.87. The lowest BCUT2D eigenvalue weighted by Gasteiger charge is -2.23. The Bertz CT molecular complexity index is 389. The van der Waals surface area contributed by atoms with E-state index in [1.165, 1.54) is 0 Å². The number of anilines is 1. The minimum atomic E-state index is -0.284. The van der Waals surface area contributed by atoms with Gasteiger partial charge < -0.3 is 10.6 Å². The van der Waals surface area contributed by atoms with Crippen molar-refractivity contribution >= 4 is 34.8 Å². The first-order valence-electron chi connectivity index (χ1n) is 6.40. The van der Waals surface area contributed by atoms with Gasteiger partial charge in [0, 0.05) is 30.5 Å². The molecule has 5 heteroatoms. The molecule has 1 amide bonds. The fraction of sp³-hybridized carbons (Fsp3) is 0.500. The number of nitrogens with zero attached hydrogens (tertiary/aromatic N) is 1. The Hall–Kier alpha value is -0.930. The third-order valence-electron chi connectivity index (χ3n) is 3.12. The Morgan fingerprint density at radius 3 is 2.11 bits per heavy atom. The van der Waals surface area contributed by atoms with Gasteiger partial charge in [0.1, 0.15) is 0 Å². The molecular weight excluding hydrogens is 283 g/mol. The molecule has 1 rings (SSSR count). The molecule has 2 N–H and O–H groups in total. The molecule has 0 saturated carbocycles. The Kier molecular flexibility index (Phi) is 7.03. The highest BCUT2D eigenvalue weighted by Crippen LogP contribution is 2.23. The maximum Gasteiger partial charge on any atom is 0.224 e. The van der Waals surface area contributed by atoms with Gasteiger partial charge in [-0.2, -0.15) is 0 Å². The number of rotatable bonds is 8. The zero-order valence-electron chi connectivity index (χ0n) is 11.1. The molecule has 0 bridgehead atoms. The van der Waals surface area contributed by atoms with Crippen LogP contribution in [0.15, 0.2) is 24.3 Å². The zero-order chi connectivity index (χ0) is 14.3. The van der Waals surface area contributed by atoms with Crippen molar-refractivity contribution in [2.24, 2.45) is 5.73 Å². The number of carbonyl (C=O) groups is 1. The molecule has 0 aromatic heterocycles. The van der Waals surface area contributed by atoms with Gasteiger partial charge >= 0.3 is 0 Å². The molecule has 0 aliphatic heterocycles. The van der Waals surface area contributed by atoms with Crippen LogP contribution < -0.4 is 10.6 Å². The van der Waals surface area contributed by atoms with Crippen molar-refractivity contribution in [1.29, 1.82) is 0 Å². The van der Waals surface area contributed by atoms with Crippen molar-refractivity contribution in [2.45, 2.75) is 19.3 Å². The molecule has 1 aromatic carbocycles. The van der Waals surface area contributed by atoms with Crippen molar-refractivity contribution in [3.8, 4) is 0 Å². The van der Waals surface area contributed by atoms with Gasteiger partial charge in [-0.15, -0.1) is 23.2 Å². The predicted octanol–water partition coefficient (Wildman–Crippen LogP) is 2.95.